The van der Waals surface area contributed by atoms with Crippen LogP contribution >= 0.6 is 34.7 Å². The van der Waals surface area contributed by atoms with Gasteiger partial charge in [-0.3, -0.25) is 0 Å². The highest BCUT2D eigenvalue weighted by molar-refractivity contribution is 7.07. The molecule has 0 N–H and O–H groups in total. The Morgan fingerprint density at radius 1 is 1.40 bits per heavy atom. The van der Waals surface area contributed by atoms with Gasteiger partial charge >= 0.3 is 0 Å². The van der Waals surface area contributed by atoms with Crippen molar-refractivity contribution in [2.45, 2.75) is 44.5 Å². The summed E-state index contributed by atoms with van der Waals surface area (Å²) in [6, 6.07) is 4.02. The molecule has 1 aliphatic carbocycles. The zero-order chi connectivity index (χ0) is 18.2. The maximum atomic E-state index is 6.35. The summed E-state index contributed by atoms with van der Waals surface area (Å²) in [5, 5.41) is 0.992. The van der Waals surface area contributed by atoms with E-state index in [4.69, 9.17) is 27.9 Å². The second-order valence-electron chi connectivity index (χ2n) is 6.52. The smallest absolute Gasteiger partial charge is 0.298 e. The molecule has 0 bridgehead atoms. The van der Waals surface area contributed by atoms with Crippen LogP contribution < -0.4 is 4.74 Å². The Kier molecular flexibility index (Phi) is 5.23. The van der Waals surface area contributed by atoms with Crippen molar-refractivity contribution < 1.29 is 4.74 Å². The molecule has 134 valence electrons. The molecule has 0 saturated heterocycles. The van der Waals surface area contributed by atoms with Crippen LogP contribution in [0.1, 0.15) is 38.1 Å². The fraction of sp³-hybridized carbons (Fsp3) is 0.471. The Morgan fingerprint density at radius 2 is 2.12 bits per heavy atom. The number of aliphatic imine (C=N–C) groups is 1. The molecule has 5 nitrogen and oxygen atoms in total. The summed E-state index contributed by atoms with van der Waals surface area (Å²) < 4.78 is 10.1. The molecule has 0 radical (unpaired) electrons. The molecule has 1 heterocycles. The quantitative estimate of drug-likeness (QED) is 0.365. The van der Waals surface area contributed by atoms with E-state index in [1.54, 1.807) is 12.4 Å². The van der Waals surface area contributed by atoms with Crippen molar-refractivity contribution in [2.24, 2.45) is 4.99 Å². The first-order chi connectivity index (χ1) is 11.8. The fourth-order valence-electron chi connectivity index (χ4n) is 2.00. The van der Waals surface area contributed by atoms with Gasteiger partial charge in [0.1, 0.15) is 10.6 Å². The molecule has 1 aromatic heterocycles. The third-order valence-electron chi connectivity index (χ3n) is 4.13. The van der Waals surface area contributed by atoms with Gasteiger partial charge in [0.2, 0.25) is 0 Å². The highest BCUT2D eigenvalue weighted by Gasteiger charge is 2.46. The van der Waals surface area contributed by atoms with E-state index in [0.29, 0.717) is 33.5 Å². The number of halogens is 2. The number of rotatable bonds is 6. The second kappa shape index (κ2) is 7.09. The van der Waals surface area contributed by atoms with Crippen molar-refractivity contribution in [1.82, 2.24) is 14.3 Å². The Hall–Kier alpha value is -1.37. The minimum Gasteiger partial charge on any atom is -0.430 e. The van der Waals surface area contributed by atoms with Gasteiger partial charge in [0.15, 0.2) is 5.82 Å². The molecule has 0 atom stereocenters. The molecule has 2 aromatic rings. The largest absolute Gasteiger partial charge is 0.430 e. The van der Waals surface area contributed by atoms with Crippen LogP contribution in [0.15, 0.2) is 17.1 Å². The average molecular weight is 399 g/mol. The van der Waals surface area contributed by atoms with Gasteiger partial charge in [0.25, 0.3) is 5.19 Å². The summed E-state index contributed by atoms with van der Waals surface area (Å²) in [5.41, 5.74) is 1.63. The van der Waals surface area contributed by atoms with E-state index in [1.165, 1.54) is 11.5 Å². The predicted octanol–water partition coefficient (Wildman–Crippen LogP) is 5.52. The van der Waals surface area contributed by atoms with E-state index >= 15 is 0 Å². The first-order valence-electron chi connectivity index (χ1n) is 8.06. The second-order valence-corrected chi connectivity index (χ2v) is 8.37. The number of benzene rings is 1. The van der Waals surface area contributed by atoms with Crippen LogP contribution in [0.5, 0.6) is 10.9 Å². The van der Waals surface area contributed by atoms with Crippen LogP contribution in [-0.2, 0) is 4.87 Å². The highest BCUT2D eigenvalue weighted by Crippen LogP contribution is 2.51. The minimum atomic E-state index is -0.383. The number of aromatic nitrogens is 2. The number of nitrogens with zero attached hydrogens (tertiary/aromatic N) is 4. The van der Waals surface area contributed by atoms with E-state index in [2.05, 4.69) is 28.2 Å². The van der Waals surface area contributed by atoms with E-state index in [1.807, 2.05) is 24.9 Å². The van der Waals surface area contributed by atoms with Crippen LogP contribution in [0.3, 0.4) is 0 Å². The van der Waals surface area contributed by atoms with Crippen LogP contribution in [0, 0.1) is 6.92 Å². The van der Waals surface area contributed by atoms with Crippen molar-refractivity contribution >= 4 is 46.8 Å². The van der Waals surface area contributed by atoms with Gasteiger partial charge in [-0.05, 0) is 45.2 Å². The standard InChI is InChI=1S/C17H20Cl2N4OS/c1-10(2)23(4)9-20-13-7-11(3)14(8-12(13)18)24-16-21-15(22-25-16)17(19)5-6-17/h7-10H,5-6H2,1-4H3. The zero-order valence-electron chi connectivity index (χ0n) is 14.6. The Balaban J connectivity index is 1.77. The molecule has 1 saturated carbocycles. The first-order valence-corrected chi connectivity index (χ1v) is 9.58. The van der Waals surface area contributed by atoms with Crippen LogP contribution in [0.4, 0.5) is 5.69 Å². The predicted molar refractivity (Wildman–Crippen MR) is 104 cm³/mol. The Labute approximate surface area is 161 Å². The van der Waals surface area contributed by atoms with Crippen LogP contribution in [0.2, 0.25) is 5.02 Å². The lowest BCUT2D eigenvalue weighted by Gasteiger charge is -2.17. The Morgan fingerprint density at radius 3 is 2.76 bits per heavy atom. The summed E-state index contributed by atoms with van der Waals surface area (Å²) in [5.74, 6) is 1.29. The van der Waals surface area contributed by atoms with Crippen LogP contribution in [-0.4, -0.2) is 33.7 Å². The van der Waals surface area contributed by atoms with Crippen LogP contribution in [0.25, 0.3) is 0 Å². The molecular weight excluding hydrogens is 379 g/mol. The molecule has 3 rings (SSSR count). The van der Waals surface area contributed by atoms with E-state index in [9.17, 15) is 0 Å². The molecule has 8 heteroatoms. The van der Waals surface area contributed by atoms with Crippen molar-refractivity contribution in [2.75, 3.05) is 7.05 Å². The maximum Gasteiger partial charge on any atom is 0.298 e. The molecule has 0 amide bonds. The molecule has 0 spiro atoms. The number of alkyl halides is 1. The maximum absolute atomic E-state index is 6.35. The lowest BCUT2D eigenvalue weighted by atomic mass is 10.2. The minimum absolute atomic E-state index is 0.370. The Bertz CT molecular complexity index is 802. The van der Waals surface area contributed by atoms with E-state index < -0.39 is 0 Å². The van der Waals surface area contributed by atoms with Gasteiger partial charge in [-0.25, -0.2) is 4.99 Å². The molecule has 1 fully saturated rings. The summed E-state index contributed by atoms with van der Waals surface area (Å²) >= 11 is 13.9. The van der Waals surface area contributed by atoms with Crippen molar-refractivity contribution in [3.8, 4) is 10.9 Å². The van der Waals surface area contributed by atoms with Gasteiger partial charge in [-0.15, -0.1) is 11.6 Å². The summed E-state index contributed by atoms with van der Waals surface area (Å²) in [6.45, 7) is 6.14. The van der Waals surface area contributed by atoms with Gasteiger partial charge in [0.05, 0.1) is 17.0 Å². The molecule has 1 aliphatic rings. The third kappa shape index (κ3) is 4.25. The van der Waals surface area contributed by atoms with Crippen molar-refractivity contribution in [3.05, 3.63) is 28.5 Å². The summed E-state index contributed by atoms with van der Waals surface area (Å²) in [7, 11) is 1.98. The van der Waals surface area contributed by atoms with Crippen molar-refractivity contribution in [1.29, 1.82) is 0 Å². The monoisotopic (exact) mass is 398 g/mol. The number of hydrogen-bond donors (Lipinski definition) is 0. The SMILES string of the molecule is Cc1cc(N=CN(C)C(C)C)c(Cl)cc1Oc1nc(C2(Cl)CC2)ns1. The molecule has 1 aromatic carbocycles. The van der Waals surface area contributed by atoms with Crippen molar-refractivity contribution in [3.63, 3.8) is 0 Å². The number of ether oxygens (including phenoxy) is 1. The van der Waals surface area contributed by atoms with E-state index in [-0.39, 0.29) is 4.87 Å². The molecule has 25 heavy (non-hydrogen) atoms. The fourth-order valence-corrected chi connectivity index (χ4v) is 3.07. The van der Waals surface area contributed by atoms with Gasteiger partial charge in [-0.2, -0.15) is 9.36 Å². The van der Waals surface area contributed by atoms with Gasteiger partial charge < -0.3 is 9.64 Å². The molecule has 0 unspecified atom stereocenters. The molecule has 0 aliphatic heterocycles. The molecular formula is C17H20Cl2N4OS. The summed E-state index contributed by atoms with van der Waals surface area (Å²) in [4.78, 5) is 10.5. The highest BCUT2D eigenvalue weighted by atomic mass is 35.5. The van der Waals surface area contributed by atoms with E-state index in [0.717, 1.165) is 18.4 Å². The lowest BCUT2D eigenvalue weighted by molar-refractivity contribution is 0.429. The van der Waals surface area contributed by atoms with Gasteiger partial charge in [-0.1, -0.05) is 11.6 Å². The number of hydrogen-bond acceptors (Lipinski definition) is 5. The summed E-state index contributed by atoms with van der Waals surface area (Å²) in [6.07, 6.45) is 3.60. The topological polar surface area (TPSA) is 50.6 Å². The first kappa shape index (κ1) is 18.4. The number of aryl methyl sites for hydroxylation is 1. The normalized spacial score (nSPS) is 15.8. The third-order valence-corrected chi connectivity index (χ3v) is 5.58. The zero-order valence-corrected chi connectivity index (χ0v) is 16.9. The lowest BCUT2D eigenvalue weighted by Crippen LogP contribution is -2.24. The van der Waals surface area contributed by atoms with Gasteiger partial charge in [0, 0.05) is 30.7 Å². The average Bonchev–Trinajstić information content (AvgIpc) is 3.12.